The van der Waals surface area contributed by atoms with Crippen molar-refractivity contribution in [2.75, 3.05) is 33.4 Å². The number of nitrogens with one attached hydrogen (secondary N) is 3. The minimum atomic E-state index is -0.0385. The largest absolute Gasteiger partial charge is 0.381 e. The first-order valence-electron chi connectivity index (χ1n) is 9.12. The number of amides is 1. The van der Waals surface area contributed by atoms with Crippen LogP contribution < -0.4 is 16.0 Å². The van der Waals surface area contributed by atoms with E-state index in [2.05, 4.69) is 20.9 Å². The quantitative estimate of drug-likeness (QED) is 0.211. The van der Waals surface area contributed by atoms with Crippen molar-refractivity contribution in [3.05, 3.63) is 35.4 Å². The summed E-state index contributed by atoms with van der Waals surface area (Å²) in [5.41, 5.74) is 1.78. The van der Waals surface area contributed by atoms with Crippen LogP contribution in [0.5, 0.6) is 0 Å². The maximum atomic E-state index is 11.7. The summed E-state index contributed by atoms with van der Waals surface area (Å²) in [6.07, 6.45) is 3.63. The second-order valence-electron chi connectivity index (χ2n) is 6.28. The van der Waals surface area contributed by atoms with E-state index in [-0.39, 0.29) is 29.9 Å². The van der Waals surface area contributed by atoms with E-state index in [0.717, 1.165) is 43.6 Å². The van der Waals surface area contributed by atoms with Gasteiger partial charge in [-0.3, -0.25) is 9.79 Å². The van der Waals surface area contributed by atoms with Crippen molar-refractivity contribution in [3.8, 4) is 0 Å². The number of ether oxygens (including phenoxy) is 1. The number of halogens is 1. The highest BCUT2D eigenvalue weighted by Gasteiger charge is 2.20. The molecule has 26 heavy (non-hydrogen) atoms. The molecule has 0 heterocycles. The molecule has 6 nitrogen and oxygen atoms in total. The molecule has 1 aromatic carbocycles. The third-order valence-electron chi connectivity index (χ3n) is 4.05. The van der Waals surface area contributed by atoms with Gasteiger partial charge in [0.1, 0.15) is 0 Å². The molecule has 7 heteroatoms. The molecule has 0 saturated heterocycles. The van der Waals surface area contributed by atoms with Gasteiger partial charge in [0.25, 0.3) is 5.91 Å². The second kappa shape index (κ2) is 12.9. The third-order valence-corrected chi connectivity index (χ3v) is 4.05. The molecule has 0 bridgehead atoms. The molecule has 0 unspecified atom stereocenters. The van der Waals surface area contributed by atoms with Crippen LogP contribution in [0.4, 0.5) is 0 Å². The lowest BCUT2D eigenvalue weighted by atomic mass is 10.1. The average molecular weight is 474 g/mol. The SMILES string of the molecule is CCNC(=O)c1ccc(CNC(=NC)NCCCOCC2CC2)cc1.I. The molecular weight excluding hydrogens is 443 g/mol. The molecule has 0 aliphatic heterocycles. The van der Waals surface area contributed by atoms with Gasteiger partial charge >= 0.3 is 0 Å². The Morgan fingerprint density at radius 1 is 1.19 bits per heavy atom. The number of aliphatic imine (C=N–C) groups is 1. The van der Waals surface area contributed by atoms with Gasteiger partial charge in [-0.05, 0) is 49.8 Å². The predicted octanol–water partition coefficient (Wildman–Crippen LogP) is 2.54. The standard InChI is InChI=1S/C19H30N4O2.HI/c1-3-21-18(24)17-9-7-15(8-10-17)13-23-19(20-2)22-11-4-12-25-14-16-5-6-16;/h7-10,16H,3-6,11-14H2,1-2H3,(H,21,24)(H2,20,22,23);1H. The minimum absolute atomic E-state index is 0. The van der Waals surface area contributed by atoms with E-state index in [1.807, 2.05) is 31.2 Å². The molecule has 1 aliphatic rings. The molecule has 146 valence electrons. The Morgan fingerprint density at radius 2 is 1.92 bits per heavy atom. The fourth-order valence-electron chi connectivity index (χ4n) is 2.36. The smallest absolute Gasteiger partial charge is 0.251 e. The molecule has 1 saturated carbocycles. The topological polar surface area (TPSA) is 74.8 Å². The van der Waals surface area contributed by atoms with E-state index in [0.29, 0.717) is 18.7 Å². The van der Waals surface area contributed by atoms with Crippen LogP contribution in [0.25, 0.3) is 0 Å². The monoisotopic (exact) mass is 474 g/mol. The lowest BCUT2D eigenvalue weighted by Crippen LogP contribution is -2.37. The van der Waals surface area contributed by atoms with Crippen LogP contribution in [0.1, 0.15) is 42.1 Å². The molecule has 3 N–H and O–H groups in total. The molecule has 0 spiro atoms. The number of carbonyl (C=O) groups excluding carboxylic acids is 1. The third kappa shape index (κ3) is 8.84. The van der Waals surface area contributed by atoms with Gasteiger partial charge in [-0.1, -0.05) is 12.1 Å². The van der Waals surface area contributed by atoms with Gasteiger partial charge in [0.15, 0.2) is 5.96 Å². The average Bonchev–Trinajstić information content (AvgIpc) is 3.45. The maximum absolute atomic E-state index is 11.7. The Kier molecular flexibility index (Phi) is 11.3. The molecule has 0 radical (unpaired) electrons. The first-order chi connectivity index (χ1) is 12.2. The zero-order chi connectivity index (χ0) is 17.9. The lowest BCUT2D eigenvalue weighted by molar-refractivity contribution is 0.0956. The molecule has 0 atom stereocenters. The summed E-state index contributed by atoms with van der Waals surface area (Å²) < 4.78 is 5.62. The van der Waals surface area contributed by atoms with Crippen molar-refractivity contribution in [3.63, 3.8) is 0 Å². The van der Waals surface area contributed by atoms with Crippen molar-refractivity contribution in [1.82, 2.24) is 16.0 Å². The molecule has 1 aromatic rings. The highest BCUT2D eigenvalue weighted by molar-refractivity contribution is 14.0. The summed E-state index contributed by atoms with van der Waals surface area (Å²) in [5.74, 6) is 1.56. The zero-order valence-electron chi connectivity index (χ0n) is 15.7. The number of nitrogens with zero attached hydrogens (tertiary/aromatic N) is 1. The summed E-state index contributed by atoms with van der Waals surface area (Å²) in [7, 11) is 1.76. The van der Waals surface area contributed by atoms with Crippen molar-refractivity contribution in [2.45, 2.75) is 32.7 Å². The molecular formula is C19H31IN4O2. The van der Waals surface area contributed by atoms with Gasteiger partial charge < -0.3 is 20.7 Å². The number of hydrogen-bond acceptors (Lipinski definition) is 3. The summed E-state index contributed by atoms with van der Waals surface area (Å²) in [4.78, 5) is 16.0. The van der Waals surface area contributed by atoms with Gasteiger partial charge in [0.2, 0.25) is 0 Å². The number of rotatable bonds is 10. The number of hydrogen-bond donors (Lipinski definition) is 3. The van der Waals surface area contributed by atoms with E-state index in [9.17, 15) is 4.79 Å². The van der Waals surface area contributed by atoms with Gasteiger partial charge in [-0.2, -0.15) is 0 Å². The highest BCUT2D eigenvalue weighted by Crippen LogP contribution is 2.28. The maximum Gasteiger partial charge on any atom is 0.251 e. The van der Waals surface area contributed by atoms with Gasteiger partial charge in [-0.25, -0.2) is 0 Å². The molecule has 1 aliphatic carbocycles. The van der Waals surface area contributed by atoms with Crippen molar-refractivity contribution >= 4 is 35.8 Å². The molecule has 1 amide bonds. The fraction of sp³-hybridized carbons (Fsp3) is 0.579. The highest BCUT2D eigenvalue weighted by atomic mass is 127. The summed E-state index contributed by atoms with van der Waals surface area (Å²) in [6.45, 7) is 5.75. The Bertz CT molecular complexity index is 559. The fourth-order valence-corrected chi connectivity index (χ4v) is 2.36. The molecule has 1 fully saturated rings. The van der Waals surface area contributed by atoms with Crippen molar-refractivity contribution in [1.29, 1.82) is 0 Å². The van der Waals surface area contributed by atoms with E-state index in [1.165, 1.54) is 12.8 Å². The Hall–Kier alpha value is -1.35. The van der Waals surface area contributed by atoms with E-state index < -0.39 is 0 Å². The molecule has 0 aromatic heterocycles. The van der Waals surface area contributed by atoms with Gasteiger partial charge in [0, 0.05) is 45.5 Å². The predicted molar refractivity (Wildman–Crippen MR) is 116 cm³/mol. The Balaban J connectivity index is 0.00000338. The van der Waals surface area contributed by atoms with Gasteiger partial charge in [0.05, 0.1) is 0 Å². The molecule has 2 rings (SSSR count). The Morgan fingerprint density at radius 3 is 2.54 bits per heavy atom. The Labute approximate surface area is 173 Å². The zero-order valence-corrected chi connectivity index (χ0v) is 18.0. The number of guanidine groups is 1. The first kappa shape index (κ1) is 22.7. The van der Waals surface area contributed by atoms with Crippen LogP contribution in [0.2, 0.25) is 0 Å². The van der Waals surface area contributed by atoms with Crippen LogP contribution in [0.3, 0.4) is 0 Å². The number of benzene rings is 1. The van der Waals surface area contributed by atoms with Crippen LogP contribution in [-0.2, 0) is 11.3 Å². The summed E-state index contributed by atoms with van der Waals surface area (Å²) in [6, 6.07) is 7.60. The normalized spacial score (nSPS) is 13.7. The van der Waals surface area contributed by atoms with E-state index >= 15 is 0 Å². The lowest BCUT2D eigenvalue weighted by Gasteiger charge is -2.12. The minimum Gasteiger partial charge on any atom is -0.381 e. The van der Waals surface area contributed by atoms with Crippen LogP contribution in [-0.4, -0.2) is 45.2 Å². The van der Waals surface area contributed by atoms with Crippen molar-refractivity contribution < 1.29 is 9.53 Å². The van der Waals surface area contributed by atoms with E-state index in [4.69, 9.17) is 4.74 Å². The second-order valence-corrected chi connectivity index (χ2v) is 6.28. The van der Waals surface area contributed by atoms with Gasteiger partial charge in [-0.15, -0.1) is 24.0 Å². The first-order valence-corrected chi connectivity index (χ1v) is 9.12. The summed E-state index contributed by atoms with van der Waals surface area (Å²) in [5, 5.41) is 9.35. The van der Waals surface area contributed by atoms with Crippen LogP contribution in [0, 0.1) is 5.92 Å². The van der Waals surface area contributed by atoms with Crippen molar-refractivity contribution in [2.24, 2.45) is 10.9 Å². The number of carbonyl (C=O) groups is 1. The van der Waals surface area contributed by atoms with Crippen LogP contribution >= 0.6 is 24.0 Å². The van der Waals surface area contributed by atoms with Crippen LogP contribution in [0.15, 0.2) is 29.3 Å². The summed E-state index contributed by atoms with van der Waals surface area (Å²) >= 11 is 0. The van der Waals surface area contributed by atoms with E-state index in [1.54, 1.807) is 7.05 Å².